The molecule has 0 spiro atoms. The average Bonchev–Trinajstić information content (AvgIpc) is 2.96. The van der Waals surface area contributed by atoms with Crippen molar-refractivity contribution in [2.75, 3.05) is 7.11 Å². The van der Waals surface area contributed by atoms with Crippen LogP contribution in [-0.2, 0) is 11.2 Å². The van der Waals surface area contributed by atoms with E-state index in [1.165, 1.54) is 27.1 Å². The van der Waals surface area contributed by atoms with Crippen molar-refractivity contribution in [2.45, 2.75) is 26.7 Å². The Kier molecular flexibility index (Phi) is 8.22. The molecule has 0 aliphatic carbocycles. The second kappa shape index (κ2) is 11.8. The van der Waals surface area contributed by atoms with E-state index in [1.54, 1.807) is 49.5 Å². The van der Waals surface area contributed by atoms with Crippen molar-refractivity contribution in [2.24, 2.45) is 0 Å². The van der Waals surface area contributed by atoms with Crippen LogP contribution in [0.5, 0.6) is 11.5 Å². The number of carbonyl (C=O) groups is 2. The van der Waals surface area contributed by atoms with Crippen LogP contribution in [0.15, 0.2) is 70.5 Å². The summed E-state index contributed by atoms with van der Waals surface area (Å²) in [6, 6.07) is 12.5. The Bertz CT molecular complexity index is 1910. The number of nitrogens with zero attached hydrogens (tertiary/aromatic N) is 4. The Hall–Kier alpha value is -5.39. The standard InChI is InChI=1S/C18H15FN2O3.C11H10N2O4/c1-11-2-9-15-20-16(17(23)18(24)21(15)10-11)14(22)8-5-12-3-6-13(19)7-4-12;1-6-3-4-7-12-8(11(16)17-2)9(14)10(15)13(7)5-6/h2-4,6-7,9-10,23H,5,8H2,1H3;3-5,14H,1-2H3. The van der Waals surface area contributed by atoms with Crippen molar-refractivity contribution in [3.63, 3.8) is 0 Å². The van der Waals surface area contributed by atoms with Gasteiger partial charge in [-0.1, -0.05) is 24.3 Å². The van der Waals surface area contributed by atoms with Gasteiger partial charge >= 0.3 is 17.1 Å². The topological polar surface area (TPSA) is 153 Å². The first kappa shape index (κ1) is 28.6. The van der Waals surface area contributed by atoms with Gasteiger partial charge in [-0.05, 0) is 61.2 Å². The summed E-state index contributed by atoms with van der Waals surface area (Å²) >= 11 is 0. The minimum atomic E-state index is -0.845. The first-order valence-electron chi connectivity index (χ1n) is 12.3. The Morgan fingerprint density at radius 1 is 0.805 bits per heavy atom. The maximum Gasteiger partial charge on any atom is 0.360 e. The van der Waals surface area contributed by atoms with Crippen LogP contribution in [0.25, 0.3) is 11.3 Å². The van der Waals surface area contributed by atoms with Crippen LogP contribution in [0.3, 0.4) is 0 Å². The number of hydrogen-bond acceptors (Lipinski definition) is 9. The summed E-state index contributed by atoms with van der Waals surface area (Å²) in [7, 11) is 1.15. The highest BCUT2D eigenvalue weighted by Gasteiger charge is 2.19. The van der Waals surface area contributed by atoms with Crippen LogP contribution in [0.2, 0.25) is 0 Å². The molecule has 0 radical (unpaired) electrons. The first-order chi connectivity index (χ1) is 19.5. The first-order valence-corrected chi connectivity index (χ1v) is 12.3. The Labute approximate surface area is 231 Å². The molecule has 0 aliphatic heterocycles. The molecular weight excluding hydrogens is 535 g/mol. The quantitative estimate of drug-likeness (QED) is 0.244. The normalized spacial score (nSPS) is 10.7. The summed E-state index contributed by atoms with van der Waals surface area (Å²) in [5, 5.41) is 19.6. The number of carbonyl (C=O) groups excluding carboxylic acids is 2. The van der Waals surface area contributed by atoms with Gasteiger partial charge in [0.25, 0.3) is 0 Å². The summed E-state index contributed by atoms with van der Waals surface area (Å²) < 4.78 is 19.7. The lowest BCUT2D eigenvalue weighted by atomic mass is 10.1. The zero-order valence-electron chi connectivity index (χ0n) is 22.3. The number of hydrogen-bond donors (Lipinski definition) is 2. The van der Waals surface area contributed by atoms with Crippen molar-refractivity contribution >= 4 is 23.0 Å². The smallest absolute Gasteiger partial charge is 0.360 e. The monoisotopic (exact) mass is 560 g/mol. The fourth-order valence-corrected chi connectivity index (χ4v) is 3.93. The minimum absolute atomic E-state index is 0.0632. The molecule has 12 heteroatoms. The minimum Gasteiger partial charge on any atom is -0.501 e. The summed E-state index contributed by atoms with van der Waals surface area (Å²) in [5.41, 5.74) is 1.07. The number of ketones is 1. The van der Waals surface area contributed by atoms with Gasteiger partial charge in [0.05, 0.1) is 7.11 Å². The van der Waals surface area contributed by atoms with Crippen molar-refractivity contribution in [1.82, 2.24) is 18.8 Å². The lowest BCUT2D eigenvalue weighted by Gasteiger charge is -2.07. The molecule has 0 saturated heterocycles. The highest BCUT2D eigenvalue weighted by atomic mass is 19.1. The molecule has 5 rings (SSSR count). The molecular formula is C29H25FN4O7. The molecule has 4 heterocycles. The van der Waals surface area contributed by atoms with Crippen molar-refractivity contribution < 1.29 is 28.9 Å². The van der Waals surface area contributed by atoms with Gasteiger partial charge in [-0.2, -0.15) is 0 Å². The summed E-state index contributed by atoms with van der Waals surface area (Å²) in [6.45, 7) is 3.61. The molecule has 210 valence electrons. The maximum atomic E-state index is 12.9. The van der Waals surface area contributed by atoms with E-state index in [4.69, 9.17) is 0 Å². The number of fused-ring (bicyclic) bond motifs is 2. The highest BCUT2D eigenvalue weighted by Crippen LogP contribution is 2.16. The molecule has 0 aliphatic rings. The highest BCUT2D eigenvalue weighted by molar-refractivity contribution is 5.97. The molecule has 2 N–H and O–H groups in total. The summed E-state index contributed by atoms with van der Waals surface area (Å²) in [6.07, 6.45) is 3.52. The van der Waals surface area contributed by atoms with Crippen LogP contribution in [0, 0.1) is 19.7 Å². The van der Waals surface area contributed by atoms with Crippen LogP contribution in [-0.4, -0.2) is 47.8 Å². The van der Waals surface area contributed by atoms with Gasteiger partial charge in [-0.25, -0.2) is 19.2 Å². The number of halogens is 1. The number of pyridine rings is 2. The lowest BCUT2D eigenvalue weighted by Crippen LogP contribution is -2.19. The number of methoxy groups -OCH3 is 1. The van der Waals surface area contributed by atoms with Crippen LogP contribution < -0.4 is 11.1 Å². The van der Waals surface area contributed by atoms with E-state index in [0.29, 0.717) is 12.1 Å². The Morgan fingerprint density at radius 2 is 1.29 bits per heavy atom. The summed E-state index contributed by atoms with van der Waals surface area (Å²) in [4.78, 5) is 55.6. The van der Waals surface area contributed by atoms with Gasteiger partial charge in [0.2, 0.25) is 11.5 Å². The predicted octanol–water partition coefficient (Wildman–Crippen LogP) is 3.16. The van der Waals surface area contributed by atoms with Gasteiger partial charge in [0.1, 0.15) is 17.1 Å². The number of aromatic hydroxyl groups is 2. The Balaban J connectivity index is 0.000000201. The molecule has 0 bridgehead atoms. The molecule has 0 atom stereocenters. The van der Waals surface area contributed by atoms with Gasteiger partial charge in [-0.3, -0.25) is 23.2 Å². The fourth-order valence-electron chi connectivity index (χ4n) is 3.93. The third-order valence-corrected chi connectivity index (χ3v) is 6.09. The molecule has 0 amide bonds. The predicted molar refractivity (Wildman–Crippen MR) is 146 cm³/mol. The average molecular weight is 561 g/mol. The van der Waals surface area contributed by atoms with Gasteiger partial charge in [0.15, 0.2) is 17.2 Å². The van der Waals surface area contributed by atoms with Crippen molar-refractivity contribution in [3.8, 4) is 11.5 Å². The number of benzene rings is 1. The molecule has 0 fully saturated rings. The van der Waals surface area contributed by atoms with E-state index in [1.807, 2.05) is 6.92 Å². The number of aryl methyl sites for hydroxylation is 3. The third kappa shape index (κ3) is 6.11. The van der Waals surface area contributed by atoms with E-state index in [0.717, 1.165) is 23.8 Å². The lowest BCUT2D eigenvalue weighted by molar-refractivity contribution is 0.0590. The van der Waals surface area contributed by atoms with Crippen LogP contribution in [0.1, 0.15) is 44.1 Å². The van der Waals surface area contributed by atoms with Gasteiger partial charge in [-0.15, -0.1) is 0 Å². The largest absolute Gasteiger partial charge is 0.501 e. The zero-order valence-corrected chi connectivity index (χ0v) is 22.3. The van der Waals surface area contributed by atoms with E-state index in [2.05, 4.69) is 14.7 Å². The number of aromatic nitrogens is 4. The van der Waals surface area contributed by atoms with Gasteiger partial charge < -0.3 is 14.9 Å². The molecule has 5 aromatic rings. The fraction of sp³-hybridized carbons (Fsp3) is 0.172. The molecule has 41 heavy (non-hydrogen) atoms. The SMILES string of the molecule is COC(=O)c1nc2ccc(C)cn2c(=O)c1O.Cc1ccc2nc(C(=O)CCc3ccc(F)cc3)c(O)c(=O)n2c1. The molecule has 0 saturated carbocycles. The number of rotatable bonds is 5. The second-order valence-corrected chi connectivity index (χ2v) is 9.14. The number of esters is 1. The third-order valence-electron chi connectivity index (χ3n) is 6.09. The van der Waals surface area contributed by atoms with Crippen molar-refractivity contribution in [3.05, 3.63) is 116 Å². The van der Waals surface area contributed by atoms with E-state index in [9.17, 15) is 33.8 Å². The molecule has 1 aromatic carbocycles. The summed E-state index contributed by atoms with van der Waals surface area (Å²) in [5.74, 6) is -2.98. The molecule has 4 aromatic heterocycles. The molecule has 11 nitrogen and oxygen atoms in total. The van der Waals surface area contributed by atoms with E-state index < -0.39 is 34.4 Å². The number of ether oxygens (including phenoxy) is 1. The maximum absolute atomic E-state index is 12.9. The van der Waals surface area contributed by atoms with Crippen LogP contribution in [0.4, 0.5) is 4.39 Å². The zero-order chi connectivity index (χ0) is 29.8. The van der Waals surface area contributed by atoms with E-state index >= 15 is 0 Å². The second-order valence-electron chi connectivity index (χ2n) is 9.14. The van der Waals surface area contributed by atoms with Gasteiger partial charge in [0, 0.05) is 18.8 Å². The number of Topliss-reactive ketones (excluding diaryl/α,β-unsaturated/α-hetero) is 1. The Morgan fingerprint density at radius 3 is 1.80 bits per heavy atom. The molecule has 0 unspecified atom stereocenters. The van der Waals surface area contributed by atoms with Crippen LogP contribution >= 0.6 is 0 Å². The van der Waals surface area contributed by atoms with Crippen molar-refractivity contribution in [1.29, 1.82) is 0 Å². The van der Waals surface area contributed by atoms with E-state index in [-0.39, 0.29) is 29.3 Å².